The van der Waals surface area contributed by atoms with Crippen molar-refractivity contribution in [2.45, 2.75) is 17.0 Å². The first-order valence-electron chi connectivity index (χ1n) is 5.95. The van der Waals surface area contributed by atoms with Gasteiger partial charge in [0.15, 0.2) is 5.16 Å². The summed E-state index contributed by atoms with van der Waals surface area (Å²) in [6.45, 7) is 2.01. The molecule has 3 rings (SSSR count). The quantitative estimate of drug-likeness (QED) is 0.773. The molecule has 100 valence electrons. The summed E-state index contributed by atoms with van der Waals surface area (Å²) in [7, 11) is 0. The molecule has 0 aliphatic carbocycles. The number of carboxylic acid groups (broad SMARTS) is 1. The molecular weight excluding hydrogens is 274 g/mol. The van der Waals surface area contributed by atoms with Crippen molar-refractivity contribution in [3.8, 4) is 0 Å². The van der Waals surface area contributed by atoms with Gasteiger partial charge in [-0.1, -0.05) is 17.8 Å². The Morgan fingerprint density at radius 2 is 2.20 bits per heavy atom. The van der Waals surface area contributed by atoms with Gasteiger partial charge in [-0.25, -0.2) is 9.78 Å². The van der Waals surface area contributed by atoms with Gasteiger partial charge in [0.25, 0.3) is 0 Å². The number of pyridine rings is 1. The number of nitrogens with zero attached hydrogens (tertiary/aromatic N) is 2. The Labute approximate surface area is 119 Å². The number of hydrogen-bond acceptors (Lipinski definition) is 4. The molecule has 0 atom stereocenters. The van der Waals surface area contributed by atoms with Gasteiger partial charge in [-0.05, 0) is 30.7 Å². The van der Waals surface area contributed by atoms with Crippen molar-refractivity contribution < 1.29 is 9.90 Å². The lowest BCUT2D eigenvalue weighted by Gasteiger charge is -2.01. The number of fused-ring (bicyclic) bond motifs is 1. The van der Waals surface area contributed by atoms with Crippen LogP contribution >= 0.6 is 11.8 Å². The standard InChI is InChI=1S/C14H11N3O2S/c1-8-2-3-10-11(6-8)17-14(16-10)20-12-4-5-15-7-9(12)13(18)19/h2-7H,1H3,(H,16,17)(H,18,19). The Morgan fingerprint density at radius 3 is 3.00 bits per heavy atom. The lowest BCUT2D eigenvalue weighted by atomic mass is 10.2. The van der Waals surface area contributed by atoms with E-state index < -0.39 is 5.97 Å². The largest absolute Gasteiger partial charge is 0.478 e. The summed E-state index contributed by atoms with van der Waals surface area (Å²) in [6.07, 6.45) is 2.92. The van der Waals surface area contributed by atoms with E-state index in [1.165, 1.54) is 18.0 Å². The molecular formula is C14H11N3O2S. The Hall–Kier alpha value is -2.34. The molecule has 0 saturated heterocycles. The molecule has 20 heavy (non-hydrogen) atoms. The molecule has 0 fully saturated rings. The number of aromatic amines is 1. The molecule has 0 aliphatic heterocycles. The third-order valence-corrected chi connectivity index (χ3v) is 3.80. The summed E-state index contributed by atoms with van der Waals surface area (Å²) in [5.74, 6) is -0.993. The fourth-order valence-electron chi connectivity index (χ4n) is 1.88. The number of benzene rings is 1. The van der Waals surface area contributed by atoms with Gasteiger partial charge in [-0.2, -0.15) is 0 Å². The molecule has 0 amide bonds. The van der Waals surface area contributed by atoms with Crippen molar-refractivity contribution in [3.63, 3.8) is 0 Å². The molecule has 2 aromatic heterocycles. The highest BCUT2D eigenvalue weighted by Crippen LogP contribution is 2.29. The highest BCUT2D eigenvalue weighted by Gasteiger charge is 2.13. The summed E-state index contributed by atoms with van der Waals surface area (Å²) in [6, 6.07) is 7.62. The number of rotatable bonds is 3. The van der Waals surface area contributed by atoms with Gasteiger partial charge in [0.2, 0.25) is 0 Å². The number of nitrogens with one attached hydrogen (secondary N) is 1. The van der Waals surface area contributed by atoms with Crippen LogP contribution in [0.3, 0.4) is 0 Å². The summed E-state index contributed by atoms with van der Waals surface area (Å²) in [5.41, 5.74) is 3.13. The third-order valence-electron chi connectivity index (χ3n) is 2.83. The number of H-pyrrole nitrogens is 1. The van der Waals surface area contributed by atoms with Crippen LogP contribution in [0, 0.1) is 6.92 Å². The predicted octanol–water partition coefficient (Wildman–Crippen LogP) is 3.12. The minimum absolute atomic E-state index is 0.175. The second kappa shape index (κ2) is 4.97. The topological polar surface area (TPSA) is 78.9 Å². The van der Waals surface area contributed by atoms with Crippen LogP contribution < -0.4 is 0 Å². The number of carboxylic acids is 1. The van der Waals surface area contributed by atoms with Crippen molar-refractivity contribution in [1.29, 1.82) is 0 Å². The summed E-state index contributed by atoms with van der Waals surface area (Å²) in [5, 5.41) is 9.80. The van der Waals surface area contributed by atoms with Crippen molar-refractivity contribution in [2.24, 2.45) is 0 Å². The SMILES string of the molecule is Cc1ccc2nc(Sc3ccncc3C(=O)O)[nH]c2c1. The Balaban J connectivity index is 1.99. The fraction of sp³-hybridized carbons (Fsp3) is 0.0714. The molecule has 0 aliphatic rings. The van der Waals surface area contributed by atoms with Gasteiger partial charge < -0.3 is 10.1 Å². The van der Waals surface area contributed by atoms with Gasteiger partial charge in [0.05, 0.1) is 16.6 Å². The summed E-state index contributed by atoms with van der Waals surface area (Å²) in [4.78, 5) is 23.2. The maximum absolute atomic E-state index is 11.1. The zero-order valence-electron chi connectivity index (χ0n) is 10.6. The van der Waals surface area contributed by atoms with Gasteiger partial charge in [0.1, 0.15) is 0 Å². The first kappa shape index (κ1) is 12.7. The number of aromatic carboxylic acids is 1. The fourth-order valence-corrected chi connectivity index (χ4v) is 2.78. The highest BCUT2D eigenvalue weighted by atomic mass is 32.2. The zero-order valence-corrected chi connectivity index (χ0v) is 11.4. The minimum atomic E-state index is -0.993. The van der Waals surface area contributed by atoms with Crippen LogP contribution in [0.1, 0.15) is 15.9 Å². The van der Waals surface area contributed by atoms with Crippen molar-refractivity contribution in [3.05, 3.63) is 47.8 Å². The maximum Gasteiger partial charge on any atom is 0.338 e. The van der Waals surface area contributed by atoms with Crippen LogP contribution in [0.4, 0.5) is 0 Å². The van der Waals surface area contributed by atoms with Crippen LogP contribution in [0.5, 0.6) is 0 Å². The average Bonchev–Trinajstić information content (AvgIpc) is 2.80. The van der Waals surface area contributed by atoms with E-state index in [0.717, 1.165) is 16.6 Å². The average molecular weight is 285 g/mol. The molecule has 0 unspecified atom stereocenters. The number of imidazole rings is 1. The predicted molar refractivity (Wildman–Crippen MR) is 76.2 cm³/mol. The molecule has 0 spiro atoms. The second-order valence-electron chi connectivity index (χ2n) is 4.34. The third kappa shape index (κ3) is 2.37. The van der Waals surface area contributed by atoms with Crippen molar-refractivity contribution in [2.75, 3.05) is 0 Å². The van der Waals surface area contributed by atoms with E-state index in [1.807, 2.05) is 25.1 Å². The Kier molecular flexibility index (Phi) is 3.15. The molecule has 5 nitrogen and oxygen atoms in total. The van der Waals surface area contributed by atoms with E-state index in [4.69, 9.17) is 5.11 Å². The van der Waals surface area contributed by atoms with Crippen LogP contribution in [-0.2, 0) is 0 Å². The van der Waals surface area contributed by atoms with E-state index in [1.54, 1.807) is 12.3 Å². The van der Waals surface area contributed by atoms with Gasteiger partial charge in [-0.3, -0.25) is 4.98 Å². The molecule has 3 aromatic rings. The van der Waals surface area contributed by atoms with E-state index >= 15 is 0 Å². The van der Waals surface area contributed by atoms with Gasteiger partial charge >= 0.3 is 5.97 Å². The smallest absolute Gasteiger partial charge is 0.338 e. The first-order valence-corrected chi connectivity index (χ1v) is 6.76. The van der Waals surface area contributed by atoms with Crippen LogP contribution in [-0.4, -0.2) is 26.0 Å². The van der Waals surface area contributed by atoms with Crippen LogP contribution in [0.25, 0.3) is 11.0 Å². The molecule has 6 heteroatoms. The summed E-state index contributed by atoms with van der Waals surface area (Å²) >= 11 is 1.29. The number of aryl methyl sites for hydroxylation is 1. The van der Waals surface area contributed by atoms with E-state index in [9.17, 15) is 4.79 Å². The molecule has 2 heterocycles. The Bertz CT molecular complexity index is 798. The molecule has 1 aromatic carbocycles. The first-order chi connectivity index (χ1) is 9.63. The number of aromatic nitrogens is 3. The normalized spacial score (nSPS) is 10.8. The Morgan fingerprint density at radius 1 is 1.35 bits per heavy atom. The molecule has 0 bridgehead atoms. The van der Waals surface area contributed by atoms with E-state index in [2.05, 4.69) is 15.0 Å². The maximum atomic E-state index is 11.1. The minimum Gasteiger partial charge on any atom is -0.478 e. The summed E-state index contributed by atoms with van der Waals surface area (Å²) < 4.78 is 0. The second-order valence-corrected chi connectivity index (χ2v) is 5.37. The van der Waals surface area contributed by atoms with Gasteiger partial charge in [0, 0.05) is 17.3 Å². The van der Waals surface area contributed by atoms with Gasteiger partial charge in [-0.15, -0.1) is 0 Å². The highest BCUT2D eigenvalue weighted by molar-refractivity contribution is 7.99. The molecule has 2 N–H and O–H groups in total. The number of carbonyl (C=O) groups is 1. The number of hydrogen-bond donors (Lipinski definition) is 2. The van der Waals surface area contributed by atoms with E-state index in [-0.39, 0.29) is 5.56 Å². The van der Waals surface area contributed by atoms with E-state index in [0.29, 0.717) is 10.1 Å². The van der Waals surface area contributed by atoms with Crippen molar-refractivity contribution in [1.82, 2.24) is 15.0 Å². The van der Waals surface area contributed by atoms with Crippen LogP contribution in [0.15, 0.2) is 46.7 Å². The monoisotopic (exact) mass is 285 g/mol. The molecule has 0 radical (unpaired) electrons. The zero-order chi connectivity index (χ0) is 14.1. The van der Waals surface area contributed by atoms with Crippen molar-refractivity contribution >= 4 is 28.8 Å². The lowest BCUT2D eigenvalue weighted by molar-refractivity contribution is 0.0692. The molecule has 0 saturated carbocycles. The lowest BCUT2D eigenvalue weighted by Crippen LogP contribution is -1.99. The van der Waals surface area contributed by atoms with Crippen LogP contribution in [0.2, 0.25) is 0 Å².